The van der Waals surface area contributed by atoms with Crippen molar-refractivity contribution in [2.75, 3.05) is 26.4 Å². The summed E-state index contributed by atoms with van der Waals surface area (Å²) < 4.78 is 59.1. The van der Waals surface area contributed by atoms with Gasteiger partial charge in [-0.05, 0) is 96.3 Å². The van der Waals surface area contributed by atoms with Crippen molar-refractivity contribution in [3.05, 3.63) is 109 Å². The van der Waals surface area contributed by atoms with Gasteiger partial charge in [-0.2, -0.15) is 8.42 Å². The molecule has 376 valence electrons. The van der Waals surface area contributed by atoms with Gasteiger partial charge in [-0.25, -0.2) is 4.18 Å². The molecule has 12 nitrogen and oxygen atoms in total. The second-order valence-corrected chi connectivity index (χ2v) is 17.3. The van der Waals surface area contributed by atoms with Crippen molar-refractivity contribution in [3.63, 3.8) is 0 Å². The van der Waals surface area contributed by atoms with E-state index in [9.17, 15) is 33.1 Å². The molecule has 1 heterocycles. The molecule has 0 radical (unpaired) electrons. The van der Waals surface area contributed by atoms with Crippen molar-refractivity contribution >= 4 is 16.4 Å². The van der Waals surface area contributed by atoms with Crippen LogP contribution in [0.5, 0.6) is 0 Å². The largest absolute Gasteiger partial charge is 0.457 e. The van der Waals surface area contributed by atoms with Gasteiger partial charge in [0.1, 0.15) is 30.5 Å². The molecule has 1 aliphatic heterocycles. The maximum Gasteiger partial charge on any atom is 0.397 e. The molecule has 0 bridgehead atoms. The monoisotopic (exact) mass is 947 g/mol. The van der Waals surface area contributed by atoms with Crippen LogP contribution in [0.1, 0.15) is 155 Å². The van der Waals surface area contributed by atoms with Crippen LogP contribution in [-0.4, -0.2) is 97.5 Å². The fraction of sp³-hybridized carbons (Fsp3) is 0.642. The third kappa shape index (κ3) is 35.9. The van der Waals surface area contributed by atoms with E-state index < -0.39 is 59.8 Å². The lowest BCUT2D eigenvalue weighted by molar-refractivity contribution is -0.301. The first-order valence-electron chi connectivity index (χ1n) is 24.6. The fourth-order valence-corrected chi connectivity index (χ4v) is 7.26. The predicted molar refractivity (Wildman–Crippen MR) is 266 cm³/mol. The van der Waals surface area contributed by atoms with Crippen molar-refractivity contribution in [2.45, 2.75) is 192 Å². The molecule has 0 aromatic carbocycles. The number of carbonyl (C=O) groups is 1. The molecular formula is C53H86O12S. The van der Waals surface area contributed by atoms with Gasteiger partial charge in [-0.15, -0.1) is 0 Å². The van der Waals surface area contributed by atoms with Gasteiger partial charge < -0.3 is 34.3 Å². The zero-order valence-electron chi connectivity index (χ0n) is 40.2. The van der Waals surface area contributed by atoms with E-state index in [4.69, 9.17) is 18.9 Å². The average Bonchev–Trinajstić information content (AvgIpc) is 3.29. The predicted octanol–water partition coefficient (Wildman–Crippen LogP) is 11.2. The van der Waals surface area contributed by atoms with Crippen LogP contribution < -0.4 is 0 Å². The maximum atomic E-state index is 12.9. The van der Waals surface area contributed by atoms with Crippen LogP contribution in [0.4, 0.5) is 0 Å². The molecule has 0 aliphatic carbocycles. The van der Waals surface area contributed by atoms with E-state index in [1.807, 2.05) is 0 Å². The molecule has 1 rings (SSSR count). The zero-order valence-corrected chi connectivity index (χ0v) is 41.0. The number of rotatable bonds is 41. The van der Waals surface area contributed by atoms with Gasteiger partial charge in [0.2, 0.25) is 0 Å². The maximum absolute atomic E-state index is 12.9. The van der Waals surface area contributed by atoms with Gasteiger partial charge in [-0.3, -0.25) is 9.35 Å². The topological polar surface area (TPSA) is 178 Å². The first-order chi connectivity index (χ1) is 32.1. The minimum Gasteiger partial charge on any atom is -0.457 e. The Hall–Kier alpha value is -3.24. The summed E-state index contributed by atoms with van der Waals surface area (Å²) in [5.74, 6) is -0.449. The van der Waals surface area contributed by atoms with E-state index in [0.717, 1.165) is 103 Å². The molecule has 0 spiro atoms. The van der Waals surface area contributed by atoms with E-state index in [-0.39, 0.29) is 19.6 Å². The summed E-state index contributed by atoms with van der Waals surface area (Å²) in [5.41, 5.74) is 0. The third-order valence-electron chi connectivity index (χ3n) is 10.4. The zero-order chi connectivity index (χ0) is 48.2. The molecule has 0 aromatic rings. The first kappa shape index (κ1) is 60.8. The Balaban J connectivity index is 2.44. The smallest absolute Gasteiger partial charge is 0.397 e. The standard InChI is InChI=1S/C53H86O12S/c1-3-5-7-9-11-13-15-17-19-21-23-24-25-26-28-30-32-34-36-38-40-42-49(55)63-47(46-62-53-51(57)52(65-66(58,59)60)50(56)48(44-54)64-53)45-61-43-41-39-37-35-33-31-29-27-22-20-18-16-14-12-10-8-6-4-2/h5-8,11-14,17-20,23-24,26,28,32,34,47-48,50-54,56-57H,3-4,9-10,15-16,21-22,25,27,29-31,33,35-46H2,1-2H3,(H,58,59,60)/b7-5-,8-6-,13-11-,14-12-,19-17-,20-18-,24-23-,28-26-,34-32-. The average molecular weight is 947 g/mol. The highest BCUT2D eigenvalue weighted by Gasteiger charge is 2.48. The van der Waals surface area contributed by atoms with Crippen LogP contribution in [0.3, 0.4) is 0 Å². The highest BCUT2D eigenvalue weighted by atomic mass is 32.3. The molecule has 0 aromatic heterocycles. The van der Waals surface area contributed by atoms with Gasteiger partial charge in [-0.1, -0.05) is 162 Å². The Labute approximate surface area is 398 Å². The summed E-state index contributed by atoms with van der Waals surface area (Å²) in [4.78, 5) is 12.9. The molecule has 1 aliphatic rings. The highest BCUT2D eigenvalue weighted by molar-refractivity contribution is 7.80. The van der Waals surface area contributed by atoms with Crippen molar-refractivity contribution in [1.82, 2.24) is 0 Å². The van der Waals surface area contributed by atoms with Crippen LogP contribution in [0.25, 0.3) is 0 Å². The molecule has 4 N–H and O–H groups in total. The van der Waals surface area contributed by atoms with Crippen molar-refractivity contribution < 1.29 is 56.2 Å². The number of aliphatic hydroxyl groups is 3. The second-order valence-electron chi connectivity index (χ2n) is 16.3. The number of allylic oxidation sites excluding steroid dienone is 18. The van der Waals surface area contributed by atoms with E-state index in [1.165, 1.54) is 25.7 Å². The molecular weight excluding hydrogens is 861 g/mol. The fourth-order valence-electron chi connectivity index (χ4n) is 6.75. The van der Waals surface area contributed by atoms with Crippen LogP contribution in [-0.2, 0) is 38.3 Å². The Morgan fingerprint density at radius 1 is 0.576 bits per heavy atom. The lowest BCUT2D eigenvalue weighted by atomic mass is 9.99. The number of hydrogen-bond acceptors (Lipinski definition) is 11. The van der Waals surface area contributed by atoms with E-state index in [0.29, 0.717) is 13.0 Å². The second kappa shape index (κ2) is 43.1. The van der Waals surface area contributed by atoms with Crippen molar-refractivity contribution in [3.8, 4) is 0 Å². The van der Waals surface area contributed by atoms with Gasteiger partial charge in [0, 0.05) is 13.0 Å². The quantitative estimate of drug-likeness (QED) is 0.0198. The number of unbranched alkanes of at least 4 members (excludes halogenated alkanes) is 10. The Bertz CT molecular complexity index is 1560. The Kier molecular flexibility index (Phi) is 39.7. The summed E-state index contributed by atoms with van der Waals surface area (Å²) in [5, 5.41) is 30.7. The van der Waals surface area contributed by atoms with Crippen molar-refractivity contribution in [1.29, 1.82) is 0 Å². The normalized spacial score (nSPS) is 20.5. The van der Waals surface area contributed by atoms with Gasteiger partial charge in [0.25, 0.3) is 0 Å². The highest BCUT2D eigenvalue weighted by Crippen LogP contribution is 2.26. The van der Waals surface area contributed by atoms with Gasteiger partial charge in [0.05, 0.1) is 19.8 Å². The Morgan fingerprint density at radius 2 is 1.00 bits per heavy atom. The van der Waals surface area contributed by atoms with E-state index in [2.05, 4.69) is 127 Å². The molecule has 0 amide bonds. The third-order valence-corrected chi connectivity index (χ3v) is 10.9. The molecule has 6 unspecified atom stereocenters. The number of hydrogen-bond donors (Lipinski definition) is 4. The van der Waals surface area contributed by atoms with Crippen LogP contribution in [0.2, 0.25) is 0 Å². The molecule has 1 saturated heterocycles. The minimum absolute atomic E-state index is 0.00509. The van der Waals surface area contributed by atoms with Gasteiger partial charge >= 0.3 is 16.4 Å². The number of ether oxygens (including phenoxy) is 4. The molecule has 66 heavy (non-hydrogen) atoms. The minimum atomic E-state index is -5.08. The lowest BCUT2D eigenvalue weighted by Crippen LogP contribution is -2.60. The SMILES string of the molecule is CC/C=C\C/C=C\C/C=C\C/C=C\C/C=C\C/C=C\CCCCC(=O)OC(COCCCCCCCCCC/C=C\C/C=C\C/C=C\CC)COC1OC(CO)C(O)C(OS(=O)(=O)O)C1O. The first-order valence-corrected chi connectivity index (χ1v) is 26.0. The summed E-state index contributed by atoms with van der Waals surface area (Å²) in [6.07, 6.45) is 51.2. The molecule has 6 atom stereocenters. The van der Waals surface area contributed by atoms with Crippen LogP contribution >= 0.6 is 0 Å². The number of esters is 1. The van der Waals surface area contributed by atoms with E-state index >= 15 is 0 Å². The summed E-state index contributed by atoms with van der Waals surface area (Å²) >= 11 is 0. The molecule has 1 fully saturated rings. The summed E-state index contributed by atoms with van der Waals surface area (Å²) in [7, 11) is -5.08. The lowest BCUT2D eigenvalue weighted by Gasteiger charge is -2.41. The number of carbonyl (C=O) groups excluding carboxylic acids is 1. The van der Waals surface area contributed by atoms with E-state index in [1.54, 1.807) is 0 Å². The summed E-state index contributed by atoms with van der Waals surface area (Å²) in [6.45, 7) is 3.67. The van der Waals surface area contributed by atoms with Crippen molar-refractivity contribution in [2.24, 2.45) is 0 Å². The van der Waals surface area contributed by atoms with Crippen LogP contribution in [0, 0.1) is 0 Å². The number of aliphatic hydroxyl groups excluding tert-OH is 3. The Morgan fingerprint density at radius 3 is 1.45 bits per heavy atom. The molecule has 13 heteroatoms. The van der Waals surface area contributed by atoms with Gasteiger partial charge in [0.15, 0.2) is 6.29 Å². The molecule has 0 saturated carbocycles. The summed E-state index contributed by atoms with van der Waals surface area (Å²) in [6, 6.07) is 0. The van der Waals surface area contributed by atoms with Crippen LogP contribution in [0.15, 0.2) is 109 Å².